The molecule has 0 fully saturated rings. The van der Waals surface area contributed by atoms with Crippen LogP contribution in [0.4, 0.5) is 0 Å². The summed E-state index contributed by atoms with van der Waals surface area (Å²) in [5, 5.41) is 0.440. The van der Waals surface area contributed by atoms with Crippen molar-refractivity contribution >= 4 is 23.1 Å². The molecule has 0 spiro atoms. The van der Waals surface area contributed by atoms with Crippen LogP contribution in [-0.2, 0) is 11.2 Å². The molecule has 0 aliphatic carbocycles. The number of hydrazine groups is 1. The van der Waals surface area contributed by atoms with Gasteiger partial charge in [-0.1, -0.05) is 46.6 Å². The van der Waals surface area contributed by atoms with Crippen LogP contribution in [0.1, 0.15) is 11.1 Å². The number of nitrogens with two attached hydrogens (primary N) is 1. The number of benzene rings is 1. The third kappa shape index (κ3) is 3.16. The molecule has 142 valence electrons. The lowest BCUT2D eigenvalue weighted by Gasteiger charge is -2.35. The predicted octanol–water partition coefficient (Wildman–Crippen LogP) is 2.33. The van der Waals surface area contributed by atoms with Gasteiger partial charge in [0.05, 0.1) is 24.8 Å². The van der Waals surface area contributed by atoms with Gasteiger partial charge in [-0.2, -0.15) is 0 Å². The molecular formula is C21H20ClN4O2+. The Labute approximate surface area is 168 Å². The van der Waals surface area contributed by atoms with Gasteiger partial charge in [-0.3, -0.25) is 4.79 Å². The number of Topliss-reactive ketones (excluding diaryl/α,β-unsaturated/α-hetero) is 1. The largest absolute Gasteiger partial charge is 0.496 e. The van der Waals surface area contributed by atoms with Gasteiger partial charge in [-0.25, -0.2) is 10.8 Å². The quantitative estimate of drug-likeness (QED) is 0.488. The van der Waals surface area contributed by atoms with Crippen molar-refractivity contribution in [3.05, 3.63) is 82.8 Å². The number of ether oxygens (including phenoxy) is 1. The number of pyridine rings is 1. The number of nitrogens with zero attached hydrogens (tertiary/aromatic N) is 3. The first-order chi connectivity index (χ1) is 13.6. The number of hydrazone groups is 1. The molecule has 7 heteroatoms. The summed E-state index contributed by atoms with van der Waals surface area (Å²) in [6.45, 7) is 0.607. The minimum Gasteiger partial charge on any atom is -0.496 e. The average Bonchev–Trinajstić information content (AvgIpc) is 2.73. The summed E-state index contributed by atoms with van der Waals surface area (Å²) >= 11 is 5.91. The molecule has 0 saturated carbocycles. The monoisotopic (exact) mass is 395 g/mol. The van der Waals surface area contributed by atoms with Crippen LogP contribution in [0.25, 0.3) is 0 Å². The molecule has 2 aliphatic heterocycles. The first kappa shape index (κ1) is 18.3. The Hall–Kier alpha value is -3.12. The first-order valence-electron chi connectivity index (χ1n) is 8.93. The number of ketones is 1. The van der Waals surface area contributed by atoms with Gasteiger partial charge in [-0.15, -0.1) is 0 Å². The molecule has 3 heterocycles. The Kier molecular flexibility index (Phi) is 4.88. The zero-order chi connectivity index (χ0) is 19.7. The van der Waals surface area contributed by atoms with E-state index >= 15 is 0 Å². The number of hydrogen-bond acceptors (Lipinski definition) is 5. The number of fused-ring (bicyclic) bond motifs is 1. The molecule has 1 aromatic heterocycles. The smallest absolute Gasteiger partial charge is 0.291 e. The van der Waals surface area contributed by atoms with E-state index in [1.165, 1.54) is 0 Å². The van der Waals surface area contributed by atoms with Crippen molar-refractivity contribution in [3.63, 3.8) is 0 Å². The second-order valence-electron chi connectivity index (χ2n) is 6.59. The first-order valence-corrected chi connectivity index (χ1v) is 9.31. The number of methoxy groups -OCH3 is 1. The van der Waals surface area contributed by atoms with Crippen molar-refractivity contribution in [1.82, 2.24) is 9.88 Å². The van der Waals surface area contributed by atoms with E-state index < -0.39 is 0 Å². The minimum absolute atomic E-state index is 0.123. The molecule has 0 bridgehead atoms. The predicted molar refractivity (Wildman–Crippen MR) is 107 cm³/mol. The second kappa shape index (κ2) is 7.48. The van der Waals surface area contributed by atoms with Crippen LogP contribution in [0.2, 0.25) is 5.15 Å². The summed E-state index contributed by atoms with van der Waals surface area (Å²) in [5.74, 6) is 7.02. The zero-order valence-corrected chi connectivity index (χ0v) is 16.1. The standard InChI is InChI=1S/C21H19ClN4O2/c1-28-17-8-3-2-6-15(17)20-21(27)16-7-4-5-11-25(16)19(26(20)23)12-14-9-10-18(22)24-13-14/h2-10,13,19H,11-12H2,1H3,(H-,23,27)/p+1. The van der Waals surface area contributed by atoms with E-state index in [0.717, 1.165) is 5.56 Å². The minimum atomic E-state index is -0.253. The molecule has 0 radical (unpaired) electrons. The molecule has 0 saturated heterocycles. The highest BCUT2D eigenvalue weighted by molar-refractivity contribution is 6.50. The molecule has 2 aliphatic rings. The van der Waals surface area contributed by atoms with Gasteiger partial charge < -0.3 is 9.64 Å². The van der Waals surface area contributed by atoms with Gasteiger partial charge in [0.1, 0.15) is 10.9 Å². The molecule has 2 aromatic rings. The van der Waals surface area contributed by atoms with Crippen LogP contribution in [0.15, 0.2) is 66.5 Å². The highest BCUT2D eigenvalue weighted by Gasteiger charge is 2.45. The normalized spacial score (nSPS) is 18.8. The summed E-state index contributed by atoms with van der Waals surface area (Å²) in [4.78, 5) is 19.5. The number of carbonyl (C=O) groups excluding carboxylic acids is 1. The van der Waals surface area contributed by atoms with Gasteiger partial charge in [0.25, 0.3) is 17.7 Å². The van der Waals surface area contributed by atoms with Gasteiger partial charge in [0.15, 0.2) is 0 Å². The van der Waals surface area contributed by atoms with E-state index in [1.807, 2.05) is 53.5 Å². The van der Waals surface area contributed by atoms with Gasteiger partial charge in [-0.05, 0) is 29.8 Å². The van der Waals surface area contributed by atoms with Crippen molar-refractivity contribution in [2.45, 2.75) is 12.6 Å². The molecule has 1 unspecified atom stereocenters. The van der Waals surface area contributed by atoms with Crippen LogP contribution >= 0.6 is 11.6 Å². The Morgan fingerprint density at radius 1 is 1.32 bits per heavy atom. The van der Waals surface area contributed by atoms with Crippen molar-refractivity contribution < 1.29 is 14.2 Å². The molecule has 0 amide bonds. The lowest BCUT2D eigenvalue weighted by atomic mass is 9.96. The number of halogens is 1. The number of rotatable bonds is 4. The van der Waals surface area contributed by atoms with E-state index in [0.29, 0.717) is 40.8 Å². The maximum atomic E-state index is 13.3. The molecule has 6 nitrogen and oxygen atoms in total. The number of aromatic nitrogens is 1. The maximum absolute atomic E-state index is 13.3. The van der Waals surface area contributed by atoms with E-state index in [4.69, 9.17) is 22.2 Å². The van der Waals surface area contributed by atoms with E-state index in [-0.39, 0.29) is 11.9 Å². The maximum Gasteiger partial charge on any atom is 0.291 e. The van der Waals surface area contributed by atoms with Gasteiger partial charge in [0, 0.05) is 12.7 Å². The lowest BCUT2D eigenvalue weighted by Crippen LogP contribution is -2.57. The SMILES string of the molecule is COc1ccccc1C1=[N+](N)C(Cc2ccc(Cl)nc2)N2CC=CC=C2C1=O. The van der Waals surface area contributed by atoms with Crippen LogP contribution < -0.4 is 10.6 Å². The summed E-state index contributed by atoms with van der Waals surface area (Å²) < 4.78 is 7.02. The van der Waals surface area contributed by atoms with Crippen molar-refractivity contribution in [1.29, 1.82) is 0 Å². The molecule has 28 heavy (non-hydrogen) atoms. The number of para-hydroxylation sites is 1. The van der Waals surface area contributed by atoms with Gasteiger partial charge >= 0.3 is 0 Å². The third-order valence-corrected chi connectivity index (χ3v) is 5.18. The fraction of sp³-hybridized carbons (Fsp3) is 0.190. The topological polar surface area (TPSA) is 71.5 Å². The van der Waals surface area contributed by atoms with Crippen molar-refractivity contribution in [2.75, 3.05) is 13.7 Å². The van der Waals surface area contributed by atoms with Crippen LogP contribution in [0.5, 0.6) is 5.75 Å². The van der Waals surface area contributed by atoms with Crippen molar-refractivity contribution in [2.24, 2.45) is 5.84 Å². The van der Waals surface area contributed by atoms with Crippen LogP contribution in [0, 0.1) is 0 Å². The van der Waals surface area contributed by atoms with E-state index in [9.17, 15) is 4.79 Å². The molecular weight excluding hydrogens is 376 g/mol. The summed E-state index contributed by atoms with van der Waals surface area (Å²) in [6, 6.07) is 11.1. The Balaban J connectivity index is 1.84. The third-order valence-electron chi connectivity index (χ3n) is 4.96. The fourth-order valence-corrected chi connectivity index (χ4v) is 3.71. The zero-order valence-electron chi connectivity index (χ0n) is 15.4. The van der Waals surface area contributed by atoms with Crippen LogP contribution in [-0.4, -0.2) is 45.9 Å². The van der Waals surface area contributed by atoms with Gasteiger partial charge in [0.2, 0.25) is 0 Å². The fourth-order valence-electron chi connectivity index (χ4n) is 3.60. The lowest BCUT2D eigenvalue weighted by molar-refractivity contribution is -0.600. The van der Waals surface area contributed by atoms with Crippen molar-refractivity contribution in [3.8, 4) is 5.75 Å². The molecule has 4 rings (SSSR count). The number of hydrogen-bond donors (Lipinski definition) is 1. The molecule has 1 aromatic carbocycles. The summed E-state index contributed by atoms with van der Waals surface area (Å²) in [7, 11) is 1.58. The Morgan fingerprint density at radius 2 is 2.14 bits per heavy atom. The highest BCUT2D eigenvalue weighted by atomic mass is 35.5. The number of carbonyl (C=O) groups is 1. The summed E-state index contributed by atoms with van der Waals surface area (Å²) in [6.07, 6.45) is 7.80. The number of allylic oxidation sites excluding steroid dienone is 3. The van der Waals surface area contributed by atoms with E-state index in [1.54, 1.807) is 24.1 Å². The Morgan fingerprint density at radius 3 is 2.89 bits per heavy atom. The van der Waals surface area contributed by atoms with E-state index in [2.05, 4.69) is 4.98 Å². The highest BCUT2D eigenvalue weighted by Crippen LogP contribution is 2.28. The average molecular weight is 396 g/mol. The van der Waals surface area contributed by atoms with Crippen LogP contribution in [0.3, 0.4) is 0 Å². The second-order valence-corrected chi connectivity index (χ2v) is 6.98. The molecule has 1 atom stereocenters. The Bertz CT molecular complexity index is 1010. The molecule has 2 N–H and O–H groups in total. The summed E-state index contributed by atoms with van der Waals surface area (Å²) in [5.41, 5.74) is 2.69.